The van der Waals surface area contributed by atoms with E-state index in [0.717, 1.165) is 16.5 Å². The number of hydrogen-bond donors (Lipinski definition) is 1. The fourth-order valence-electron chi connectivity index (χ4n) is 2.05. The molecule has 0 unspecified atom stereocenters. The highest BCUT2D eigenvalue weighted by Gasteiger charge is 2.09. The second kappa shape index (κ2) is 7.84. The maximum absolute atomic E-state index is 12.2. The third-order valence-electron chi connectivity index (χ3n) is 3.25. The lowest BCUT2D eigenvalue weighted by Gasteiger charge is -2.10. The van der Waals surface area contributed by atoms with Crippen LogP contribution in [0.1, 0.15) is 15.9 Å². The monoisotopic (exact) mass is 363 g/mol. The van der Waals surface area contributed by atoms with E-state index in [9.17, 15) is 4.79 Å². The van der Waals surface area contributed by atoms with Crippen molar-refractivity contribution in [3.05, 3.63) is 58.1 Å². The largest absolute Gasteiger partial charge is 0.497 e. The minimum Gasteiger partial charge on any atom is -0.497 e. The van der Waals surface area contributed by atoms with E-state index in [1.807, 2.05) is 24.3 Å². The summed E-state index contributed by atoms with van der Waals surface area (Å²) in [5.74, 6) is 1.04. The molecule has 0 bridgehead atoms. The van der Waals surface area contributed by atoms with Gasteiger partial charge in [-0.05, 0) is 30.2 Å². The van der Waals surface area contributed by atoms with E-state index in [-0.39, 0.29) is 5.91 Å². The molecular weight excluding hydrogens is 346 g/mol. The van der Waals surface area contributed by atoms with Crippen molar-refractivity contribution in [2.45, 2.75) is 6.42 Å². The molecule has 0 atom stereocenters. The van der Waals surface area contributed by atoms with E-state index in [1.165, 1.54) is 0 Å². The standard InChI is InChI=1S/C17H18BrNO3/c1-21-14-9-13(10-15(11-14)22-2)17(20)19-8-7-12-5-3-4-6-16(12)18/h3-6,9-11H,7-8H2,1-2H3,(H,19,20). The van der Waals surface area contributed by atoms with Crippen LogP contribution in [0.3, 0.4) is 0 Å². The van der Waals surface area contributed by atoms with E-state index < -0.39 is 0 Å². The molecule has 116 valence electrons. The van der Waals surface area contributed by atoms with Gasteiger partial charge in [0.05, 0.1) is 14.2 Å². The number of rotatable bonds is 6. The van der Waals surface area contributed by atoms with Crippen LogP contribution in [0, 0.1) is 0 Å². The molecule has 1 amide bonds. The van der Waals surface area contributed by atoms with Gasteiger partial charge in [0.1, 0.15) is 11.5 Å². The number of amides is 1. The molecule has 0 heterocycles. The number of halogens is 1. The summed E-state index contributed by atoms with van der Waals surface area (Å²) in [7, 11) is 3.12. The zero-order valence-corrected chi connectivity index (χ0v) is 14.1. The number of ether oxygens (including phenoxy) is 2. The van der Waals surface area contributed by atoms with Gasteiger partial charge in [-0.1, -0.05) is 34.1 Å². The summed E-state index contributed by atoms with van der Waals surface area (Å²) in [6, 6.07) is 13.1. The molecule has 5 heteroatoms. The van der Waals surface area contributed by atoms with Crippen molar-refractivity contribution < 1.29 is 14.3 Å². The van der Waals surface area contributed by atoms with Crippen LogP contribution in [0.4, 0.5) is 0 Å². The number of benzene rings is 2. The molecule has 0 aliphatic rings. The van der Waals surface area contributed by atoms with Gasteiger partial charge in [-0.15, -0.1) is 0 Å². The lowest BCUT2D eigenvalue weighted by atomic mass is 10.1. The van der Waals surface area contributed by atoms with Crippen LogP contribution in [0.5, 0.6) is 11.5 Å². The van der Waals surface area contributed by atoms with Gasteiger partial charge in [0.25, 0.3) is 5.91 Å². The van der Waals surface area contributed by atoms with Crippen molar-refractivity contribution in [2.75, 3.05) is 20.8 Å². The second-order valence-electron chi connectivity index (χ2n) is 4.70. The predicted octanol–water partition coefficient (Wildman–Crippen LogP) is 3.44. The van der Waals surface area contributed by atoms with Crippen LogP contribution >= 0.6 is 15.9 Å². The van der Waals surface area contributed by atoms with E-state index in [4.69, 9.17) is 9.47 Å². The van der Waals surface area contributed by atoms with Crippen LogP contribution in [0.25, 0.3) is 0 Å². The molecule has 0 aliphatic heterocycles. The van der Waals surface area contributed by atoms with Gasteiger partial charge in [0.15, 0.2) is 0 Å². The molecule has 0 saturated heterocycles. The van der Waals surface area contributed by atoms with Crippen molar-refractivity contribution in [3.63, 3.8) is 0 Å². The normalized spacial score (nSPS) is 10.1. The van der Waals surface area contributed by atoms with E-state index in [1.54, 1.807) is 32.4 Å². The third-order valence-corrected chi connectivity index (χ3v) is 4.02. The summed E-state index contributed by atoms with van der Waals surface area (Å²) in [6.07, 6.45) is 0.758. The van der Waals surface area contributed by atoms with Crippen LogP contribution < -0.4 is 14.8 Å². The number of carbonyl (C=O) groups is 1. The van der Waals surface area contributed by atoms with E-state index in [0.29, 0.717) is 23.6 Å². The van der Waals surface area contributed by atoms with Crippen LogP contribution in [0.15, 0.2) is 46.9 Å². The quantitative estimate of drug-likeness (QED) is 0.854. The maximum atomic E-state index is 12.2. The minimum absolute atomic E-state index is 0.149. The number of nitrogens with one attached hydrogen (secondary N) is 1. The SMILES string of the molecule is COc1cc(OC)cc(C(=O)NCCc2ccccc2Br)c1. The number of carbonyl (C=O) groups excluding carboxylic acids is 1. The molecule has 0 saturated carbocycles. The van der Waals surface area contributed by atoms with Crippen molar-refractivity contribution in [2.24, 2.45) is 0 Å². The summed E-state index contributed by atoms with van der Waals surface area (Å²) < 4.78 is 11.4. The lowest BCUT2D eigenvalue weighted by molar-refractivity contribution is 0.0953. The molecule has 0 radical (unpaired) electrons. The van der Waals surface area contributed by atoms with Crippen molar-refractivity contribution >= 4 is 21.8 Å². The van der Waals surface area contributed by atoms with Crippen LogP contribution in [-0.2, 0) is 6.42 Å². The van der Waals surface area contributed by atoms with Gasteiger partial charge in [-0.25, -0.2) is 0 Å². The molecule has 0 fully saturated rings. The first kappa shape index (κ1) is 16.4. The summed E-state index contributed by atoms with van der Waals surface area (Å²) in [4.78, 5) is 12.2. The van der Waals surface area contributed by atoms with Crippen molar-refractivity contribution in [1.29, 1.82) is 0 Å². The van der Waals surface area contributed by atoms with Gasteiger partial charge in [-0.3, -0.25) is 4.79 Å². The molecule has 2 aromatic carbocycles. The van der Waals surface area contributed by atoms with Crippen molar-refractivity contribution in [3.8, 4) is 11.5 Å². The Morgan fingerprint density at radius 2 is 1.73 bits per heavy atom. The Morgan fingerprint density at radius 1 is 1.09 bits per heavy atom. The zero-order valence-electron chi connectivity index (χ0n) is 12.6. The number of methoxy groups -OCH3 is 2. The summed E-state index contributed by atoms with van der Waals surface area (Å²) in [5, 5.41) is 2.91. The first-order valence-corrected chi connectivity index (χ1v) is 7.68. The first-order chi connectivity index (χ1) is 10.6. The Kier molecular flexibility index (Phi) is 5.83. The highest BCUT2D eigenvalue weighted by Crippen LogP contribution is 2.22. The van der Waals surface area contributed by atoms with Crippen LogP contribution in [0.2, 0.25) is 0 Å². The van der Waals surface area contributed by atoms with E-state index >= 15 is 0 Å². The van der Waals surface area contributed by atoms with Gasteiger partial charge in [0, 0.05) is 22.6 Å². The molecule has 0 aliphatic carbocycles. The summed E-state index contributed by atoms with van der Waals surface area (Å²) in [5.41, 5.74) is 1.68. The number of hydrogen-bond acceptors (Lipinski definition) is 3. The molecule has 0 aromatic heterocycles. The molecular formula is C17H18BrNO3. The minimum atomic E-state index is -0.149. The summed E-state index contributed by atoms with van der Waals surface area (Å²) in [6.45, 7) is 0.557. The second-order valence-corrected chi connectivity index (χ2v) is 5.55. The Bertz CT molecular complexity index is 636. The fourth-order valence-corrected chi connectivity index (χ4v) is 2.54. The Labute approximate surface area is 138 Å². The molecule has 2 aromatic rings. The third kappa shape index (κ3) is 4.24. The van der Waals surface area contributed by atoms with Crippen molar-refractivity contribution in [1.82, 2.24) is 5.32 Å². The average Bonchev–Trinajstić information content (AvgIpc) is 2.55. The molecule has 4 nitrogen and oxygen atoms in total. The highest BCUT2D eigenvalue weighted by atomic mass is 79.9. The van der Waals surface area contributed by atoms with Gasteiger partial charge < -0.3 is 14.8 Å². The maximum Gasteiger partial charge on any atom is 0.251 e. The van der Waals surface area contributed by atoms with Crippen LogP contribution in [-0.4, -0.2) is 26.7 Å². The fraction of sp³-hybridized carbons (Fsp3) is 0.235. The predicted molar refractivity (Wildman–Crippen MR) is 89.7 cm³/mol. The molecule has 1 N–H and O–H groups in total. The van der Waals surface area contributed by atoms with Gasteiger partial charge in [0.2, 0.25) is 0 Å². The Morgan fingerprint density at radius 3 is 2.32 bits per heavy atom. The topological polar surface area (TPSA) is 47.6 Å². The smallest absolute Gasteiger partial charge is 0.251 e. The molecule has 0 spiro atoms. The highest BCUT2D eigenvalue weighted by molar-refractivity contribution is 9.10. The molecule has 2 rings (SSSR count). The first-order valence-electron chi connectivity index (χ1n) is 6.88. The Hall–Kier alpha value is -2.01. The van der Waals surface area contributed by atoms with E-state index in [2.05, 4.69) is 21.2 Å². The lowest BCUT2D eigenvalue weighted by Crippen LogP contribution is -2.25. The molecule has 22 heavy (non-hydrogen) atoms. The Balaban J connectivity index is 1.99. The zero-order chi connectivity index (χ0) is 15.9. The average molecular weight is 364 g/mol. The van der Waals surface area contributed by atoms with Gasteiger partial charge in [-0.2, -0.15) is 0 Å². The van der Waals surface area contributed by atoms with Gasteiger partial charge >= 0.3 is 0 Å². The summed E-state index contributed by atoms with van der Waals surface area (Å²) >= 11 is 3.50.